The molecule has 3 aromatic carbocycles. The molecule has 0 aliphatic carbocycles. The first-order valence-electron chi connectivity index (χ1n) is 7.57. The highest BCUT2D eigenvalue weighted by molar-refractivity contribution is 5.51. The van der Waals surface area contributed by atoms with Crippen molar-refractivity contribution in [1.29, 1.82) is 0 Å². The van der Waals surface area contributed by atoms with Gasteiger partial charge in [-0.1, -0.05) is 0 Å². The van der Waals surface area contributed by atoms with Crippen LogP contribution in [-0.4, -0.2) is 4.87 Å². The summed E-state index contributed by atoms with van der Waals surface area (Å²) >= 11 is 0. The van der Waals surface area contributed by atoms with E-state index in [1.165, 1.54) is 0 Å². The van der Waals surface area contributed by atoms with E-state index in [1.807, 2.05) is 0 Å². The number of azo groups is 1. The molecule has 0 saturated heterocycles. The van der Waals surface area contributed by atoms with E-state index in [4.69, 9.17) is 11.5 Å². The molecule has 0 radical (unpaired) electrons. The first kappa shape index (κ1) is 16.1. The normalized spacial score (nSPS) is 10.7. The SMILES string of the molecule is Nc1ccc(N=Nc2ccc([N+](=O)Nc3ccc(N)cc3)cc2)cc1. The second-order valence-electron chi connectivity index (χ2n) is 5.34. The summed E-state index contributed by atoms with van der Waals surface area (Å²) in [6.07, 6.45) is 0. The van der Waals surface area contributed by atoms with Crippen molar-refractivity contribution in [1.82, 2.24) is 0 Å². The van der Waals surface area contributed by atoms with Crippen LogP contribution in [0.2, 0.25) is 0 Å². The largest absolute Gasteiger partial charge is 0.399 e. The van der Waals surface area contributed by atoms with E-state index in [9.17, 15) is 4.91 Å². The van der Waals surface area contributed by atoms with E-state index in [-0.39, 0.29) is 0 Å². The van der Waals surface area contributed by atoms with Crippen LogP contribution in [-0.2, 0) is 0 Å². The van der Waals surface area contributed by atoms with Gasteiger partial charge in [0.1, 0.15) is 5.69 Å². The minimum atomic E-state index is 0.447. The van der Waals surface area contributed by atoms with Gasteiger partial charge in [-0.05, 0) is 60.7 Å². The molecule has 0 fully saturated rings. The highest BCUT2D eigenvalue weighted by atomic mass is 16.3. The van der Waals surface area contributed by atoms with Crippen molar-refractivity contribution >= 4 is 34.1 Å². The van der Waals surface area contributed by atoms with Gasteiger partial charge in [0.25, 0.3) is 5.69 Å². The molecule has 0 unspecified atom stereocenters. The number of nitrogens with zero attached hydrogens (tertiary/aromatic N) is 3. The maximum Gasteiger partial charge on any atom is 0.292 e. The molecule has 3 aromatic rings. The summed E-state index contributed by atoms with van der Waals surface area (Å²) < 4.78 is 0. The van der Waals surface area contributed by atoms with Crippen molar-refractivity contribution in [3.63, 3.8) is 0 Å². The third kappa shape index (κ3) is 4.38. The lowest BCUT2D eigenvalue weighted by atomic mass is 10.3. The van der Waals surface area contributed by atoms with E-state index < -0.39 is 0 Å². The zero-order valence-corrected chi connectivity index (χ0v) is 13.3. The fourth-order valence-corrected chi connectivity index (χ4v) is 2.05. The molecule has 0 bridgehead atoms. The van der Waals surface area contributed by atoms with Gasteiger partial charge >= 0.3 is 0 Å². The molecule has 0 saturated carbocycles. The first-order valence-corrected chi connectivity index (χ1v) is 7.57. The van der Waals surface area contributed by atoms with Crippen molar-refractivity contribution in [2.45, 2.75) is 0 Å². The van der Waals surface area contributed by atoms with Crippen LogP contribution in [0.1, 0.15) is 0 Å². The van der Waals surface area contributed by atoms with Gasteiger partial charge in [-0.2, -0.15) is 10.2 Å². The number of hydrogen-bond acceptors (Lipinski definition) is 5. The van der Waals surface area contributed by atoms with E-state index in [1.54, 1.807) is 72.8 Å². The van der Waals surface area contributed by atoms with Crippen LogP contribution in [0.15, 0.2) is 83.0 Å². The van der Waals surface area contributed by atoms with Crippen molar-refractivity contribution in [2.75, 3.05) is 16.9 Å². The predicted octanol–water partition coefficient (Wildman–Crippen LogP) is 4.70. The number of benzene rings is 3. The predicted molar refractivity (Wildman–Crippen MR) is 99.2 cm³/mol. The average molecular weight is 333 g/mol. The third-order valence-corrected chi connectivity index (χ3v) is 3.40. The van der Waals surface area contributed by atoms with Crippen molar-refractivity contribution in [3.8, 4) is 0 Å². The maximum atomic E-state index is 12.1. The molecule has 0 spiro atoms. The highest BCUT2D eigenvalue weighted by Crippen LogP contribution is 2.22. The number of hydrazine groups is 1. The van der Waals surface area contributed by atoms with Gasteiger partial charge in [0.05, 0.1) is 16.3 Å². The smallest absolute Gasteiger partial charge is 0.292 e. The summed E-state index contributed by atoms with van der Waals surface area (Å²) in [6, 6.07) is 20.7. The van der Waals surface area contributed by atoms with Gasteiger partial charge in [-0.25, -0.2) is 0 Å². The minimum absolute atomic E-state index is 0.447. The summed E-state index contributed by atoms with van der Waals surface area (Å²) in [4.78, 5) is 12.8. The zero-order valence-electron chi connectivity index (χ0n) is 13.3. The van der Waals surface area contributed by atoms with Crippen LogP contribution >= 0.6 is 0 Å². The molecule has 124 valence electrons. The molecule has 0 heterocycles. The van der Waals surface area contributed by atoms with Crippen molar-refractivity contribution in [3.05, 3.63) is 77.7 Å². The van der Waals surface area contributed by atoms with Crippen LogP contribution < -0.4 is 16.9 Å². The van der Waals surface area contributed by atoms with Gasteiger partial charge in [0, 0.05) is 23.5 Å². The molecule has 5 N–H and O–H groups in total. The molecule has 0 aliphatic rings. The Bertz CT molecular complexity index is 886. The fraction of sp³-hybridized carbons (Fsp3) is 0. The van der Waals surface area contributed by atoms with Crippen LogP contribution in [0.5, 0.6) is 0 Å². The molecule has 0 aromatic heterocycles. The molecular formula is C18H17N6O+. The zero-order chi connectivity index (χ0) is 17.6. The number of nitrogen functional groups attached to an aromatic ring is 2. The van der Waals surface area contributed by atoms with Crippen LogP contribution in [0.3, 0.4) is 0 Å². The summed E-state index contributed by atoms with van der Waals surface area (Å²) in [5, 5.41) is 8.25. The Hall–Kier alpha value is -3.74. The monoisotopic (exact) mass is 333 g/mol. The lowest BCUT2D eigenvalue weighted by Crippen LogP contribution is -2.09. The van der Waals surface area contributed by atoms with Crippen LogP contribution in [0.4, 0.5) is 34.1 Å². The quantitative estimate of drug-likeness (QED) is 0.272. The summed E-state index contributed by atoms with van der Waals surface area (Å²) in [5.74, 6) is 0. The number of nitroso groups, excluding NO2 is 1. The molecule has 0 amide bonds. The maximum absolute atomic E-state index is 12.1. The van der Waals surface area contributed by atoms with E-state index in [0.717, 1.165) is 0 Å². The topological polar surface area (TPSA) is 109 Å². The van der Waals surface area contributed by atoms with E-state index in [0.29, 0.717) is 39.0 Å². The Morgan fingerprint density at radius 2 is 1.12 bits per heavy atom. The van der Waals surface area contributed by atoms with Crippen LogP contribution in [0, 0.1) is 4.91 Å². The fourth-order valence-electron chi connectivity index (χ4n) is 2.05. The molecular weight excluding hydrogens is 316 g/mol. The molecule has 25 heavy (non-hydrogen) atoms. The van der Waals surface area contributed by atoms with E-state index >= 15 is 0 Å². The number of nitrogens with one attached hydrogen (secondary N) is 1. The molecule has 0 atom stereocenters. The second-order valence-corrected chi connectivity index (χ2v) is 5.34. The first-order chi connectivity index (χ1) is 12.1. The van der Waals surface area contributed by atoms with Gasteiger partial charge in [-0.15, -0.1) is 5.43 Å². The van der Waals surface area contributed by atoms with Gasteiger partial charge in [0.2, 0.25) is 0 Å². The summed E-state index contributed by atoms with van der Waals surface area (Å²) in [6.45, 7) is 0. The van der Waals surface area contributed by atoms with Crippen LogP contribution in [0.25, 0.3) is 0 Å². The Balaban J connectivity index is 1.66. The van der Waals surface area contributed by atoms with Crippen molar-refractivity contribution < 1.29 is 4.87 Å². The lowest BCUT2D eigenvalue weighted by Gasteiger charge is -1.98. The Kier molecular flexibility index (Phi) is 4.66. The summed E-state index contributed by atoms with van der Waals surface area (Å²) in [5.41, 5.74) is 17.7. The number of rotatable bonds is 5. The highest BCUT2D eigenvalue weighted by Gasteiger charge is 2.13. The average Bonchev–Trinajstić information content (AvgIpc) is 2.63. The lowest BCUT2D eigenvalue weighted by molar-refractivity contribution is -0.427. The number of nitrogens with two attached hydrogens (primary N) is 2. The Morgan fingerprint density at radius 1 is 0.680 bits per heavy atom. The summed E-state index contributed by atoms with van der Waals surface area (Å²) in [7, 11) is 0. The number of hydrogen-bond donors (Lipinski definition) is 3. The number of anilines is 3. The van der Waals surface area contributed by atoms with Crippen molar-refractivity contribution in [2.24, 2.45) is 10.2 Å². The standard InChI is InChI=1S/C18H17N6O/c19-13-1-5-15(6-2-13)21-22-16-9-11-18(12-10-16)24(25)23-17-7-3-14(20)4-8-17/h1-12H,19-20H2,(H,23,25)/q+1. The molecule has 7 nitrogen and oxygen atoms in total. The Labute approximate surface area is 144 Å². The Morgan fingerprint density at radius 3 is 1.64 bits per heavy atom. The van der Waals surface area contributed by atoms with E-state index in [2.05, 4.69) is 15.7 Å². The third-order valence-electron chi connectivity index (χ3n) is 3.40. The second kappa shape index (κ2) is 7.22. The molecule has 3 rings (SSSR count). The van der Waals surface area contributed by atoms with Gasteiger partial charge in [0.15, 0.2) is 4.87 Å². The molecule has 0 aliphatic heterocycles. The van der Waals surface area contributed by atoms with Gasteiger partial charge in [-0.3, -0.25) is 0 Å². The minimum Gasteiger partial charge on any atom is -0.399 e. The molecule has 7 heteroatoms. The van der Waals surface area contributed by atoms with Gasteiger partial charge < -0.3 is 11.5 Å².